The Balaban J connectivity index is 1.73. The molecule has 0 bridgehead atoms. The molecule has 0 aliphatic carbocycles. The predicted molar refractivity (Wildman–Crippen MR) is 95.0 cm³/mol. The summed E-state index contributed by atoms with van der Waals surface area (Å²) in [6.45, 7) is 6.24. The number of nitrogens with one attached hydrogen (secondary N) is 1. The van der Waals surface area contributed by atoms with E-state index in [1.54, 1.807) is 11.3 Å². The molecular weight excluding hydrogens is 322 g/mol. The summed E-state index contributed by atoms with van der Waals surface area (Å²) in [7, 11) is 0. The molecule has 0 radical (unpaired) electrons. The van der Waals surface area contributed by atoms with Crippen LogP contribution in [0.3, 0.4) is 0 Å². The van der Waals surface area contributed by atoms with Crippen molar-refractivity contribution in [1.29, 1.82) is 0 Å². The average Bonchev–Trinajstić information content (AvgIpc) is 3.19. The van der Waals surface area contributed by atoms with Crippen LogP contribution in [0.25, 0.3) is 11.4 Å². The number of para-hydroxylation sites is 1. The number of rotatable bonds is 5. The van der Waals surface area contributed by atoms with Crippen molar-refractivity contribution in [3.63, 3.8) is 0 Å². The molecular formula is C17H19N5OS. The normalized spacial score (nSPS) is 11.0. The minimum absolute atomic E-state index is 0.0308. The van der Waals surface area contributed by atoms with Gasteiger partial charge in [0.25, 0.3) is 0 Å². The van der Waals surface area contributed by atoms with Crippen LogP contribution in [0.5, 0.6) is 0 Å². The Bertz CT molecular complexity index is 839. The van der Waals surface area contributed by atoms with Gasteiger partial charge in [-0.3, -0.25) is 4.79 Å². The first kappa shape index (κ1) is 16.3. The summed E-state index contributed by atoms with van der Waals surface area (Å²) < 4.78 is 0. The molecule has 24 heavy (non-hydrogen) atoms. The molecule has 0 spiro atoms. The van der Waals surface area contributed by atoms with E-state index in [1.807, 2.05) is 41.9 Å². The lowest BCUT2D eigenvalue weighted by Gasteiger charge is -2.16. The maximum atomic E-state index is 12.4. The van der Waals surface area contributed by atoms with Crippen LogP contribution in [0, 0.1) is 6.92 Å². The molecule has 2 heterocycles. The van der Waals surface area contributed by atoms with Gasteiger partial charge in [0.2, 0.25) is 11.7 Å². The van der Waals surface area contributed by atoms with Gasteiger partial charge in [0, 0.05) is 16.6 Å². The second kappa shape index (κ2) is 6.92. The Labute approximate surface area is 144 Å². The minimum Gasteiger partial charge on any atom is -0.324 e. The maximum absolute atomic E-state index is 12.4. The highest BCUT2D eigenvalue weighted by Crippen LogP contribution is 2.27. The second-order valence-corrected chi connectivity index (χ2v) is 6.68. The fraction of sp³-hybridized carbons (Fsp3) is 0.294. The number of aromatic nitrogens is 4. The second-order valence-electron chi connectivity index (χ2n) is 5.90. The summed E-state index contributed by atoms with van der Waals surface area (Å²) >= 11 is 1.57. The van der Waals surface area contributed by atoms with Gasteiger partial charge < -0.3 is 5.32 Å². The molecule has 6 nitrogen and oxygen atoms in total. The van der Waals surface area contributed by atoms with Gasteiger partial charge in [-0.15, -0.1) is 10.2 Å². The number of carbonyl (C=O) groups excluding carboxylic acids is 1. The molecule has 0 aliphatic heterocycles. The van der Waals surface area contributed by atoms with Crippen LogP contribution in [0.15, 0.2) is 35.0 Å². The molecule has 0 unspecified atom stereocenters. The number of hydrogen-bond donors (Lipinski definition) is 1. The Morgan fingerprint density at radius 1 is 1.33 bits per heavy atom. The summed E-state index contributed by atoms with van der Waals surface area (Å²) in [6.07, 6.45) is 0. The third-order valence-electron chi connectivity index (χ3n) is 3.71. The predicted octanol–water partition coefficient (Wildman–Crippen LogP) is 3.47. The highest BCUT2D eigenvalue weighted by atomic mass is 32.1. The van der Waals surface area contributed by atoms with Crippen LogP contribution >= 0.6 is 11.3 Å². The molecule has 3 aromatic rings. The molecule has 124 valence electrons. The van der Waals surface area contributed by atoms with E-state index < -0.39 is 0 Å². The van der Waals surface area contributed by atoms with Gasteiger partial charge in [-0.05, 0) is 40.6 Å². The first-order chi connectivity index (χ1) is 11.5. The summed E-state index contributed by atoms with van der Waals surface area (Å²) in [4.78, 5) is 13.7. The lowest BCUT2D eigenvalue weighted by molar-refractivity contribution is -0.117. The first-order valence-corrected chi connectivity index (χ1v) is 8.68. The quantitative estimate of drug-likeness (QED) is 0.771. The van der Waals surface area contributed by atoms with E-state index in [4.69, 9.17) is 0 Å². The van der Waals surface area contributed by atoms with E-state index in [0.717, 1.165) is 22.4 Å². The van der Waals surface area contributed by atoms with Crippen LogP contribution in [-0.4, -0.2) is 26.1 Å². The third kappa shape index (κ3) is 3.51. The maximum Gasteiger partial charge on any atom is 0.248 e. The van der Waals surface area contributed by atoms with E-state index in [-0.39, 0.29) is 12.5 Å². The van der Waals surface area contributed by atoms with Gasteiger partial charge in [-0.2, -0.15) is 16.1 Å². The molecule has 7 heteroatoms. The molecule has 0 atom stereocenters. The number of tetrazole rings is 1. The number of amides is 1. The number of benzene rings is 1. The molecule has 1 N–H and O–H groups in total. The SMILES string of the molecule is Cc1cccc(C(C)C)c1NC(=O)Cn1nnc(-c2ccsc2)n1. The Morgan fingerprint density at radius 3 is 2.88 bits per heavy atom. The Hall–Kier alpha value is -2.54. The molecule has 0 saturated carbocycles. The van der Waals surface area contributed by atoms with Crippen LogP contribution in [0.1, 0.15) is 30.9 Å². The lowest BCUT2D eigenvalue weighted by atomic mass is 9.98. The van der Waals surface area contributed by atoms with Gasteiger partial charge in [0.15, 0.2) is 0 Å². The van der Waals surface area contributed by atoms with E-state index >= 15 is 0 Å². The highest BCUT2D eigenvalue weighted by Gasteiger charge is 2.14. The fourth-order valence-electron chi connectivity index (χ4n) is 2.47. The van der Waals surface area contributed by atoms with E-state index in [1.165, 1.54) is 4.80 Å². The van der Waals surface area contributed by atoms with Crippen LogP contribution in [-0.2, 0) is 11.3 Å². The number of nitrogens with zero attached hydrogens (tertiary/aromatic N) is 4. The molecule has 2 aromatic heterocycles. The van der Waals surface area contributed by atoms with Crippen LogP contribution in [0.4, 0.5) is 5.69 Å². The summed E-state index contributed by atoms with van der Waals surface area (Å²) in [6, 6.07) is 7.96. The van der Waals surface area contributed by atoms with Gasteiger partial charge >= 0.3 is 0 Å². The zero-order chi connectivity index (χ0) is 17.1. The number of thiophene rings is 1. The summed E-state index contributed by atoms with van der Waals surface area (Å²) in [5, 5.41) is 19.1. The largest absolute Gasteiger partial charge is 0.324 e. The molecule has 1 aromatic carbocycles. The Kier molecular flexibility index (Phi) is 4.71. The first-order valence-electron chi connectivity index (χ1n) is 7.74. The zero-order valence-electron chi connectivity index (χ0n) is 13.9. The van der Waals surface area contributed by atoms with Crippen LogP contribution in [0.2, 0.25) is 0 Å². The highest BCUT2D eigenvalue weighted by molar-refractivity contribution is 7.08. The number of hydrogen-bond acceptors (Lipinski definition) is 5. The number of carbonyl (C=O) groups is 1. The fourth-order valence-corrected chi connectivity index (χ4v) is 3.10. The van der Waals surface area contributed by atoms with Gasteiger partial charge in [0.1, 0.15) is 6.54 Å². The van der Waals surface area contributed by atoms with Crippen molar-refractivity contribution < 1.29 is 4.79 Å². The third-order valence-corrected chi connectivity index (χ3v) is 4.39. The molecule has 0 aliphatic rings. The number of aryl methyl sites for hydroxylation is 1. The standard InChI is InChI=1S/C17H19N5OS/c1-11(2)14-6-4-5-12(3)16(14)18-15(23)9-22-20-17(19-21-22)13-7-8-24-10-13/h4-8,10-11H,9H2,1-3H3,(H,18,23). The summed E-state index contributed by atoms with van der Waals surface area (Å²) in [5.74, 6) is 0.693. The van der Waals surface area contributed by atoms with Crippen molar-refractivity contribution in [2.75, 3.05) is 5.32 Å². The van der Waals surface area contributed by atoms with E-state index in [9.17, 15) is 4.79 Å². The molecule has 0 saturated heterocycles. The van der Waals surface area contributed by atoms with E-state index in [0.29, 0.717) is 11.7 Å². The topological polar surface area (TPSA) is 72.7 Å². The molecule has 1 amide bonds. The minimum atomic E-state index is -0.166. The van der Waals surface area contributed by atoms with E-state index in [2.05, 4.69) is 34.6 Å². The Morgan fingerprint density at radius 2 is 2.17 bits per heavy atom. The molecule has 3 rings (SSSR count). The van der Waals surface area contributed by atoms with Gasteiger partial charge in [-0.25, -0.2) is 0 Å². The smallest absolute Gasteiger partial charge is 0.248 e. The monoisotopic (exact) mass is 341 g/mol. The zero-order valence-corrected chi connectivity index (χ0v) is 14.7. The van der Waals surface area contributed by atoms with Gasteiger partial charge in [0.05, 0.1) is 0 Å². The van der Waals surface area contributed by atoms with Crippen molar-refractivity contribution in [3.8, 4) is 11.4 Å². The van der Waals surface area contributed by atoms with Gasteiger partial charge in [-0.1, -0.05) is 32.0 Å². The number of anilines is 1. The van der Waals surface area contributed by atoms with Crippen LogP contribution < -0.4 is 5.32 Å². The lowest BCUT2D eigenvalue weighted by Crippen LogP contribution is -2.22. The molecule has 0 fully saturated rings. The summed E-state index contributed by atoms with van der Waals surface area (Å²) in [5.41, 5.74) is 3.94. The van der Waals surface area contributed by atoms with Crippen molar-refractivity contribution in [1.82, 2.24) is 20.2 Å². The average molecular weight is 341 g/mol. The van der Waals surface area contributed by atoms with Crippen molar-refractivity contribution in [3.05, 3.63) is 46.2 Å². The van der Waals surface area contributed by atoms with Crippen molar-refractivity contribution >= 4 is 22.9 Å². The van der Waals surface area contributed by atoms with Crippen molar-refractivity contribution in [2.24, 2.45) is 0 Å². The van der Waals surface area contributed by atoms with Crippen molar-refractivity contribution in [2.45, 2.75) is 33.2 Å².